The summed E-state index contributed by atoms with van der Waals surface area (Å²) in [4.78, 5) is 12.5. The van der Waals surface area contributed by atoms with Crippen molar-refractivity contribution in [3.05, 3.63) is 17.5 Å². The fraction of sp³-hybridized carbons (Fsp3) is 0.778. The summed E-state index contributed by atoms with van der Waals surface area (Å²) in [6.45, 7) is 7.49. The van der Waals surface area contributed by atoms with E-state index < -0.39 is 5.60 Å². The summed E-state index contributed by atoms with van der Waals surface area (Å²) in [5, 5.41) is 18.0. The lowest BCUT2D eigenvalue weighted by molar-refractivity contribution is 0.0246. The average Bonchev–Trinajstić information content (AvgIpc) is 2.77. The van der Waals surface area contributed by atoms with E-state index in [1.165, 1.54) is 12.8 Å². The minimum absolute atomic E-state index is 0.116. The lowest BCUT2D eigenvalue weighted by atomic mass is 9.94. The van der Waals surface area contributed by atoms with E-state index in [0.717, 1.165) is 44.3 Å². The third-order valence-electron chi connectivity index (χ3n) is 4.68. The molecule has 0 saturated heterocycles. The average molecular weight is 321 g/mol. The Balaban J connectivity index is 2.01. The van der Waals surface area contributed by atoms with Crippen molar-refractivity contribution in [2.75, 3.05) is 6.54 Å². The molecule has 0 atom stereocenters. The monoisotopic (exact) mass is 321 g/mol. The first-order valence-electron chi connectivity index (χ1n) is 9.00. The van der Waals surface area contributed by atoms with Gasteiger partial charge in [-0.2, -0.15) is 5.10 Å². The number of nitrogens with zero attached hydrogens (tertiary/aromatic N) is 2. The van der Waals surface area contributed by atoms with Crippen molar-refractivity contribution in [3.63, 3.8) is 0 Å². The summed E-state index contributed by atoms with van der Waals surface area (Å²) in [6.07, 6.45) is 8.43. The van der Waals surface area contributed by atoms with Crippen LogP contribution in [-0.4, -0.2) is 32.9 Å². The highest BCUT2D eigenvalue weighted by Gasteiger charge is 2.29. The zero-order valence-electron chi connectivity index (χ0n) is 14.8. The largest absolute Gasteiger partial charge is 0.388 e. The molecule has 2 rings (SSSR count). The molecule has 1 amide bonds. The van der Waals surface area contributed by atoms with Crippen molar-refractivity contribution >= 4 is 5.91 Å². The molecule has 1 aromatic rings. The topological polar surface area (TPSA) is 67.2 Å². The fourth-order valence-electron chi connectivity index (χ4n) is 3.38. The van der Waals surface area contributed by atoms with E-state index in [9.17, 15) is 9.90 Å². The Kier molecular flexibility index (Phi) is 6.22. The van der Waals surface area contributed by atoms with Gasteiger partial charge in [-0.25, -0.2) is 0 Å². The van der Waals surface area contributed by atoms with Gasteiger partial charge in [-0.05, 0) is 25.2 Å². The third-order valence-corrected chi connectivity index (χ3v) is 4.68. The SMILES string of the molecule is CCc1c(C(=O)NCC2(O)CCCCCC2)cnn1CC(C)C. The van der Waals surface area contributed by atoms with Crippen LogP contribution in [0, 0.1) is 5.92 Å². The van der Waals surface area contributed by atoms with Gasteiger partial charge in [0.15, 0.2) is 0 Å². The maximum absolute atomic E-state index is 12.5. The molecule has 1 aliphatic rings. The van der Waals surface area contributed by atoms with Gasteiger partial charge in [0.05, 0.1) is 23.1 Å². The first-order valence-corrected chi connectivity index (χ1v) is 9.00. The van der Waals surface area contributed by atoms with Gasteiger partial charge in [0.1, 0.15) is 0 Å². The second-order valence-corrected chi connectivity index (χ2v) is 7.26. The highest BCUT2D eigenvalue weighted by molar-refractivity contribution is 5.95. The molecule has 0 unspecified atom stereocenters. The maximum Gasteiger partial charge on any atom is 0.254 e. The van der Waals surface area contributed by atoms with E-state index >= 15 is 0 Å². The Morgan fingerprint density at radius 2 is 2.00 bits per heavy atom. The molecule has 1 fully saturated rings. The smallest absolute Gasteiger partial charge is 0.254 e. The van der Waals surface area contributed by atoms with E-state index in [2.05, 4.69) is 24.3 Å². The number of amides is 1. The van der Waals surface area contributed by atoms with Crippen molar-refractivity contribution in [2.45, 2.75) is 77.9 Å². The summed E-state index contributed by atoms with van der Waals surface area (Å²) in [7, 11) is 0. The lowest BCUT2D eigenvalue weighted by Gasteiger charge is -2.26. The molecule has 0 spiro atoms. The van der Waals surface area contributed by atoms with E-state index in [-0.39, 0.29) is 5.91 Å². The molecule has 0 aliphatic heterocycles. The van der Waals surface area contributed by atoms with Crippen LogP contribution >= 0.6 is 0 Å². The van der Waals surface area contributed by atoms with Crippen LogP contribution < -0.4 is 5.32 Å². The van der Waals surface area contributed by atoms with Gasteiger partial charge in [0.2, 0.25) is 0 Å². The molecule has 130 valence electrons. The molecule has 1 aliphatic carbocycles. The standard InChI is InChI=1S/C18H31N3O2/c1-4-16-15(11-20-21(16)12-14(2)3)17(22)19-13-18(23)9-7-5-6-8-10-18/h11,14,23H,4-10,12-13H2,1-3H3,(H,19,22). The number of rotatable bonds is 6. The molecular formula is C18H31N3O2. The Hall–Kier alpha value is -1.36. The van der Waals surface area contributed by atoms with Gasteiger partial charge in [-0.1, -0.05) is 46.5 Å². The second-order valence-electron chi connectivity index (χ2n) is 7.26. The fourth-order valence-corrected chi connectivity index (χ4v) is 3.38. The second kappa shape index (κ2) is 7.95. The first kappa shape index (κ1) is 18.0. The molecular weight excluding hydrogens is 290 g/mol. The van der Waals surface area contributed by atoms with Crippen LogP contribution in [0.4, 0.5) is 0 Å². The van der Waals surface area contributed by atoms with Crippen LogP contribution in [0.1, 0.15) is 75.3 Å². The molecule has 0 radical (unpaired) electrons. The van der Waals surface area contributed by atoms with Gasteiger partial charge < -0.3 is 10.4 Å². The highest BCUT2D eigenvalue weighted by atomic mass is 16.3. The summed E-state index contributed by atoms with van der Waals surface area (Å²) in [5.41, 5.74) is 0.876. The van der Waals surface area contributed by atoms with Gasteiger partial charge in [0, 0.05) is 13.1 Å². The summed E-state index contributed by atoms with van der Waals surface area (Å²) >= 11 is 0. The van der Waals surface area contributed by atoms with Gasteiger partial charge in [0.25, 0.3) is 5.91 Å². The van der Waals surface area contributed by atoms with Crippen molar-refractivity contribution < 1.29 is 9.90 Å². The van der Waals surface area contributed by atoms with Gasteiger partial charge in [-0.15, -0.1) is 0 Å². The summed E-state index contributed by atoms with van der Waals surface area (Å²) in [5.74, 6) is 0.373. The quantitative estimate of drug-likeness (QED) is 0.792. The molecule has 0 aromatic carbocycles. The Labute approximate surface area is 139 Å². The molecule has 1 heterocycles. The number of carbonyl (C=O) groups is 1. The highest BCUT2D eigenvalue weighted by Crippen LogP contribution is 2.26. The van der Waals surface area contributed by atoms with E-state index in [4.69, 9.17) is 0 Å². The van der Waals surface area contributed by atoms with Crippen molar-refractivity contribution in [1.29, 1.82) is 0 Å². The Morgan fingerprint density at radius 3 is 2.57 bits per heavy atom. The number of aromatic nitrogens is 2. The summed E-state index contributed by atoms with van der Waals surface area (Å²) < 4.78 is 1.93. The summed E-state index contributed by atoms with van der Waals surface area (Å²) in [6, 6.07) is 0. The van der Waals surface area contributed by atoms with Crippen LogP contribution in [0.15, 0.2) is 6.20 Å². The van der Waals surface area contributed by atoms with Gasteiger partial charge >= 0.3 is 0 Å². The van der Waals surface area contributed by atoms with Crippen molar-refractivity contribution in [1.82, 2.24) is 15.1 Å². The Bertz CT molecular complexity index is 514. The minimum atomic E-state index is -0.744. The number of aliphatic hydroxyl groups is 1. The minimum Gasteiger partial charge on any atom is -0.388 e. The zero-order chi connectivity index (χ0) is 16.9. The number of carbonyl (C=O) groups excluding carboxylic acids is 1. The van der Waals surface area contributed by atoms with E-state index in [0.29, 0.717) is 18.0 Å². The molecule has 2 N–H and O–H groups in total. The number of hydrogen-bond donors (Lipinski definition) is 2. The van der Waals surface area contributed by atoms with Crippen LogP contribution in [0.2, 0.25) is 0 Å². The van der Waals surface area contributed by atoms with E-state index in [1.807, 2.05) is 11.6 Å². The lowest BCUT2D eigenvalue weighted by Crippen LogP contribution is -2.42. The number of nitrogens with one attached hydrogen (secondary N) is 1. The van der Waals surface area contributed by atoms with Crippen LogP contribution in [0.3, 0.4) is 0 Å². The van der Waals surface area contributed by atoms with Crippen LogP contribution in [0.5, 0.6) is 0 Å². The third kappa shape index (κ3) is 4.80. The van der Waals surface area contributed by atoms with Crippen molar-refractivity contribution in [2.24, 2.45) is 5.92 Å². The maximum atomic E-state index is 12.5. The normalized spacial score (nSPS) is 18.0. The molecule has 0 bridgehead atoms. The predicted molar refractivity (Wildman–Crippen MR) is 91.4 cm³/mol. The Morgan fingerprint density at radius 1 is 1.35 bits per heavy atom. The molecule has 5 heteroatoms. The van der Waals surface area contributed by atoms with Crippen LogP contribution in [-0.2, 0) is 13.0 Å². The van der Waals surface area contributed by atoms with Gasteiger partial charge in [-0.3, -0.25) is 9.48 Å². The predicted octanol–water partition coefficient (Wildman–Crippen LogP) is 2.92. The molecule has 1 aromatic heterocycles. The van der Waals surface area contributed by atoms with Crippen molar-refractivity contribution in [3.8, 4) is 0 Å². The number of hydrogen-bond acceptors (Lipinski definition) is 3. The molecule has 1 saturated carbocycles. The van der Waals surface area contributed by atoms with Crippen LogP contribution in [0.25, 0.3) is 0 Å². The zero-order valence-corrected chi connectivity index (χ0v) is 14.8. The van der Waals surface area contributed by atoms with E-state index in [1.54, 1.807) is 6.20 Å². The first-order chi connectivity index (χ1) is 10.9. The molecule has 5 nitrogen and oxygen atoms in total. The molecule has 23 heavy (non-hydrogen) atoms.